The number of halogens is 2. The fourth-order valence-corrected chi connectivity index (χ4v) is 10.7. The quantitative estimate of drug-likeness (QED) is 0.173. The van der Waals surface area contributed by atoms with E-state index in [9.17, 15) is 0 Å². The molecule has 9 rings (SSSR count). The summed E-state index contributed by atoms with van der Waals surface area (Å²) in [7, 11) is -1.35. The van der Waals surface area contributed by atoms with Gasteiger partial charge >= 0.3 is 26.2 Å². The van der Waals surface area contributed by atoms with Crippen molar-refractivity contribution in [1.29, 1.82) is 0 Å². The Morgan fingerprint density at radius 1 is 0.614 bits per heavy atom. The largest absolute Gasteiger partial charge is 4.00 e. The Morgan fingerprint density at radius 2 is 1.27 bits per heavy atom. The van der Waals surface area contributed by atoms with Crippen molar-refractivity contribution >= 4 is 56.3 Å². The van der Waals surface area contributed by atoms with Crippen LogP contribution in [0.5, 0.6) is 0 Å². The van der Waals surface area contributed by atoms with E-state index in [1.54, 1.807) is 21.5 Å². The van der Waals surface area contributed by atoms with Gasteiger partial charge in [0.2, 0.25) is 0 Å². The molecule has 2 aliphatic rings. The molecule has 0 aromatic heterocycles. The molecule has 0 radical (unpaired) electrons. The van der Waals surface area contributed by atoms with E-state index in [4.69, 9.17) is 0 Å². The second-order valence-corrected chi connectivity index (χ2v) is 16.2. The SMILES string of the molecule is CC1=C2c3cccc4ccc(c1c34)[Si]2(C)C.Cc1cc2c(-c3ccccc3)cccc2[cH-]1.[Cl-].[Cl-].[Zr+4].c1ccc2[cH-]ccc2c1. The zero-order valence-electron chi connectivity index (χ0n) is 25.5. The maximum absolute atomic E-state index is 2.49. The molecule has 4 heteroatoms. The Labute approximate surface area is 293 Å². The van der Waals surface area contributed by atoms with Crippen LogP contribution in [0.25, 0.3) is 54.2 Å². The van der Waals surface area contributed by atoms with Gasteiger partial charge < -0.3 is 24.8 Å². The molecular weight excluding hydrogens is 671 g/mol. The van der Waals surface area contributed by atoms with Gasteiger partial charge in [0.25, 0.3) is 0 Å². The summed E-state index contributed by atoms with van der Waals surface area (Å²) < 4.78 is 0. The minimum Gasteiger partial charge on any atom is -1.00 e. The number of rotatable bonds is 1. The predicted octanol–water partition coefficient (Wildman–Crippen LogP) is 4.65. The van der Waals surface area contributed by atoms with Crippen molar-refractivity contribution in [3.8, 4) is 11.1 Å². The van der Waals surface area contributed by atoms with E-state index in [0.717, 1.165) is 0 Å². The van der Waals surface area contributed by atoms with E-state index in [2.05, 4.69) is 160 Å². The number of benzene rings is 5. The van der Waals surface area contributed by atoms with Crippen LogP contribution in [-0.2, 0) is 26.2 Å². The molecule has 0 saturated carbocycles. The van der Waals surface area contributed by atoms with Crippen LogP contribution in [0, 0.1) is 6.92 Å². The molecular formula is C40H34Cl2SiZr. The molecule has 0 unspecified atom stereocenters. The Balaban J connectivity index is 0.000000151. The summed E-state index contributed by atoms with van der Waals surface area (Å²) in [5, 5.41) is 11.6. The van der Waals surface area contributed by atoms with Crippen LogP contribution in [0.1, 0.15) is 23.6 Å². The van der Waals surface area contributed by atoms with Gasteiger partial charge in [-0.2, -0.15) is 23.6 Å². The van der Waals surface area contributed by atoms with Gasteiger partial charge in [-0.1, -0.05) is 98.4 Å². The molecule has 216 valence electrons. The molecule has 0 saturated heterocycles. The van der Waals surface area contributed by atoms with E-state index in [0.29, 0.717) is 0 Å². The number of allylic oxidation sites excluding steroid dienone is 1. The molecule has 0 spiro atoms. The van der Waals surface area contributed by atoms with Crippen LogP contribution in [0.4, 0.5) is 0 Å². The third-order valence-corrected chi connectivity index (χ3v) is 12.5. The first-order valence-electron chi connectivity index (χ1n) is 14.5. The fraction of sp³-hybridized carbons (Fsp3) is 0.100. The van der Waals surface area contributed by atoms with E-state index < -0.39 is 8.07 Å². The first-order valence-corrected chi connectivity index (χ1v) is 17.5. The van der Waals surface area contributed by atoms with E-state index in [1.807, 2.05) is 0 Å². The van der Waals surface area contributed by atoms with Crippen molar-refractivity contribution in [2.75, 3.05) is 0 Å². The van der Waals surface area contributed by atoms with Gasteiger partial charge in [0.15, 0.2) is 0 Å². The number of aryl methyl sites for hydroxylation is 1. The molecule has 2 bridgehead atoms. The van der Waals surface area contributed by atoms with Crippen molar-refractivity contribution < 1.29 is 51.0 Å². The summed E-state index contributed by atoms with van der Waals surface area (Å²) >= 11 is 0. The third kappa shape index (κ3) is 5.75. The Bertz CT molecular complexity index is 2070. The average Bonchev–Trinajstić information content (AvgIpc) is 3.74. The number of fused-ring (bicyclic) bond motifs is 3. The molecule has 1 heterocycles. The fourth-order valence-electron chi connectivity index (χ4n) is 7.09. The molecule has 1 aliphatic heterocycles. The minimum absolute atomic E-state index is 0. The van der Waals surface area contributed by atoms with Crippen LogP contribution >= 0.6 is 0 Å². The van der Waals surface area contributed by atoms with Gasteiger partial charge in [-0.05, 0) is 50.3 Å². The molecule has 0 atom stereocenters. The molecule has 7 aromatic carbocycles. The van der Waals surface area contributed by atoms with Crippen molar-refractivity contribution in [1.82, 2.24) is 0 Å². The van der Waals surface area contributed by atoms with Crippen LogP contribution in [0.3, 0.4) is 0 Å². The Morgan fingerprint density at radius 3 is 2.05 bits per heavy atom. The molecule has 7 aromatic rings. The Hall–Kier alpha value is -3.00. The van der Waals surface area contributed by atoms with Crippen LogP contribution in [0.15, 0.2) is 133 Å². The van der Waals surface area contributed by atoms with Gasteiger partial charge in [-0.15, -0.1) is 64.2 Å². The summed E-state index contributed by atoms with van der Waals surface area (Å²) in [6, 6.07) is 47.7. The average molecular weight is 705 g/mol. The van der Waals surface area contributed by atoms with Crippen LogP contribution in [-0.4, -0.2) is 8.07 Å². The van der Waals surface area contributed by atoms with E-state index in [1.165, 1.54) is 54.6 Å². The summed E-state index contributed by atoms with van der Waals surface area (Å²) in [5.74, 6) is 0. The third-order valence-electron chi connectivity index (χ3n) is 8.89. The zero-order valence-corrected chi connectivity index (χ0v) is 30.4. The standard InChI is InChI=1S/C16H13.C15H14Si.C9H7.2ClH.Zr/c1-12-10-14-8-5-9-15(16(14)11-12)13-6-3-2-4-7-13;1-9-13-12-8-7-10-5-4-6-11(14(10)13)15(9)16(12,2)3;1-2-5-9-7-3-6-8(9)4-1;;;/h2-11H,1H3;4-8H,1-3H3;1-7H;2*1H;/q-1;;-1;;;+4/p-2. The summed E-state index contributed by atoms with van der Waals surface area (Å²) in [4.78, 5) is 0. The molecule has 0 fully saturated rings. The van der Waals surface area contributed by atoms with Gasteiger partial charge in [0.1, 0.15) is 8.07 Å². The van der Waals surface area contributed by atoms with Crippen molar-refractivity contribution in [3.63, 3.8) is 0 Å². The predicted molar refractivity (Wildman–Crippen MR) is 183 cm³/mol. The van der Waals surface area contributed by atoms with E-state index in [-0.39, 0.29) is 51.0 Å². The normalized spacial score (nSPS) is 13.0. The number of hydrogen-bond acceptors (Lipinski definition) is 0. The van der Waals surface area contributed by atoms with Gasteiger partial charge in [-0.25, -0.2) is 0 Å². The molecule has 1 aliphatic carbocycles. The van der Waals surface area contributed by atoms with Crippen LogP contribution in [0.2, 0.25) is 13.1 Å². The molecule has 0 nitrogen and oxygen atoms in total. The second kappa shape index (κ2) is 13.6. The van der Waals surface area contributed by atoms with Crippen LogP contribution < -0.4 is 30.0 Å². The first kappa shape index (κ1) is 33.9. The summed E-state index contributed by atoms with van der Waals surface area (Å²) in [5.41, 5.74) is 8.64. The monoisotopic (exact) mass is 702 g/mol. The summed E-state index contributed by atoms with van der Waals surface area (Å²) in [6.45, 7) is 9.43. The van der Waals surface area contributed by atoms with Gasteiger partial charge in [0, 0.05) is 0 Å². The molecule has 0 N–H and O–H groups in total. The summed E-state index contributed by atoms with van der Waals surface area (Å²) in [6.07, 6.45) is 0. The second-order valence-electron chi connectivity index (χ2n) is 11.9. The Kier molecular flexibility index (Phi) is 10.4. The minimum atomic E-state index is -1.35. The van der Waals surface area contributed by atoms with Crippen molar-refractivity contribution in [2.45, 2.75) is 26.9 Å². The zero-order chi connectivity index (χ0) is 28.1. The van der Waals surface area contributed by atoms with Crippen molar-refractivity contribution in [3.05, 3.63) is 150 Å². The topological polar surface area (TPSA) is 0 Å². The maximum Gasteiger partial charge on any atom is 4.00 e. The van der Waals surface area contributed by atoms with Crippen molar-refractivity contribution in [2.24, 2.45) is 0 Å². The number of hydrogen-bond donors (Lipinski definition) is 0. The van der Waals surface area contributed by atoms with E-state index >= 15 is 0 Å². The van der Waals surface area contributed by atoms with Gasteiger partial charge in [0.05, 0.1) is 0 Å². The smallest absolute Gasteiger partial charge is 1.00 e. The first-order chi connectivity index (χ1) is 19.9. The molecule has 44 heavy (non-hydrogen) atoms. The molecule has 0 amide bonds. The maximum atomic E-state index is 2.49. The van der Waals surface area contributed by atoms with Gasteiger partial charge in [-0.3, -0.25) is 0 Å².